The Kier molecular flexibility index (Phi) is 5.32. The average Bonchev–Trinajstić information content (AvgIpc) is 3.24. The molecule has 0 N–H and O–H groups in total. The maximum Gasteiger partial charge on any atom is 0.261 e. The maximum absolute atomic E-state index is 12.5. The first-order valence-corrected chi connectivity index (χ1v) is 13.6. The molecule has 0 amide bonds. The van der Waals surface area contributed by atoms with Crippen LogP contribution in [0.2, 0.25) is 5.04 Å². The van der Waals surface area contributed by atoms with Gasteiger partial charge >= 0.3 is 0 Å². The van der Waals surface area contributed by atoms with Crippen molar-refractivity contribution in [2.24, 2.45) is 0 Å². The summed E-state index contributed by atoms with van der Waals surface area (Å²) in [6, 6.07) is 20.9. The van der Waals surface area contributed by atoms with E-state index in [2.05, 4.69) is 69.3 Å². The highest BCUT2D eigenvalue weighted by Gasteiger charge is 2.51. The van der Waals surface area contributed by atoms with Crippen LogP contribution < -0.4 is 10.4 Å². The summed E-state index contributed by atoms with van der Waals surface area (Å²) in [6.07, 6.45) is 3.52. The summed E-state index contributed by atoms with van der Waals surface area (Å²) in [5.74, 6) is 0. The van der Waals surface area contributed by atoms with Gasteiger partial charge < -0.3 is 4.43 Å². The van der Waals surface area contributed by atoms with E-state index >= 15 is 0 Å². The molecule has 2 aromatic carbocycles. The van der Waals surface area contributed by atoms with Crippen molar-refractivity contribution in [3.8, 4) is 0 Å². The van der Waals surface area contributed by atoms with Crippen LogP contribution in [0.5, 0.6) is 0 Å². The summed E-state index contributed by atoms with van der Waals surface area (Å²) >= 11 is 0. The molecular weight excluding hydrogens is 398 g/mol. The van der Waals surface area contributed by atoms with E-state index in [4.69, 9.17) is 4.43 Å². The second-order valence-electron chi connectivity index (χ2n) is 8.98. The van der Waals surface area contributed by atoms with Crippen molar-refractivity contribution in [1.82, 2.24) is 4.31 Å². The summed E-state index contributed by atoms with van der Waals surface area (Å²) in [7, 11) is -5.97. The molecule has 4 rings (SSSR count). The molecular formula is C23H29NO3SSi. The van der Waals surface area contributed by atoms with E-state index in [1.807, 2.05) is 18.2 Å². The van der Waals surface area contributed by atoms with Crippen molar-refractivity contribution in [1.29, 1.82) is 0 Å². The van der Waals surface area contributed by atoms with Gasteiger partial charge in [0.1, 0.15) is 0 Å². The van der Waals surface area contributed by atoms with E-state index in [0.717, 1.165) is 12.8 Å². The van der Waals surface area contributed by atoms with Gasteiger partial charge in [0.05, 0.1) is 6.61 Å². The van der Waals surface area contributed by atoms with Crippen LogP contribution in [-0.4, -0.2) is 39.7 Å². The second-order valence-corrected chi connectivity index (χ2v) is 15.0. The minimum absolute atomic E-state index is 0.00671. The van der Waals surface area contributed by atoms with Gasteiger partial charge in [0.25, 0.3) is 8.32 Å². The van der Waals surface area contributed by atoms with E-state index in [9.17, 15) is 8.42 Å². The van der Waals surface area contributed by atoms with E-state index < -0.39 is 18.3 Å². The monoisotopic (exact) mass is 427 g/mol. The lowest BCUT2D eigenvalue weighted by molar-refractivity contribution is 0.215. The summed E-state index contributed by atoms with van der Waals surface area (Å²) in [6.45, 7) is 7.14. The molecule has 2 aliphatic rings. The third-order valence-electron chi connectivity index (χ3n) is 6.16. The van der Waals surface area contributed by atoms with Crippen molar-refractivity contribution in [3.63, 3.8) is 0 Å². The second kappa shape index (κ2) is 7.51. The Balaban J connectivity index is 1.74. The fourth-order valence-electron chi connectivity index (χ4n) is 4.87. The maximum atomic E-state index is 12.5. The summed E-state index contributed by atoms with van der Waals surface area (Å²) in [5, 5.41) is 3.67. The summed E-state index contributed by atoms with van der Waals surface area (Å²) < 4.78 is 33.6. The normalized spacial score (nSPS) is 24.0. The Morgan fingerprint density at radius 2 is 1.52 bits per heavy atom. The van der Waals surface area contributed by atoms with Crippen LogP contribution in [0.25, 0.3) is 0 Å². The zero-order valence-electron chi connectivity index (χ0n) is 17.3. The predicted molar refractivity (Wildman–Crippen MR) is 120 cm³/mol. The zero-order valence-corrected chi connectivity index (χ0v) is 19.1. The smallest absolute Gasteiger partial charge is 0.261 e. The van der Waals surface area contributed by atoms with Crippen molar-refractivity contribution in [2.45, 2.75) is 50.7 Å². The number of nitrogens with zero attached hydrogens (tertiary/aromatic N) is 1. The molecule has 1 fully saturated rings. The first-order valence-electron chi connectivity index (χ1n) is 10.2. The van der Waals surface area contributed by atoms with Gasteiger partial charge in [-0.15, -0.1) is 0 Å². The molecule has 2 atom stereocenters. The predicted octanol–water partition coefficient (Wildman–Crippen LogP) is 3.25. The Morgan fingerprint density at radius 1 is 0.966 bits per heavy atom. The van der Waals surface area contributed by atoms with Crippen molar-refractivity contribution in [2.75, 3.05) is 6.61 Å². The molecule has 0 bridgehead atoms. The minimum Gasteiger partial charge on any atom is -0.406 e. The molecule has 6 heteroatoms. The van der Waals surface area contributed by atoms with E-state index in [1.54, 1.807) is 4.31 Å². The molecule has 2 heterocycles. The van der Waals surface area contributed by atoms with Crippen molar-refractivity contribution in [3.05, 3.63) is 72.1 Å². The van der Waals surface area contributed by atoms with E-state index in [1.165, 1.54) is 15.8 Å². The molecule has 0 saturated carbocycles. The number of benzene rings is 2. The van der Waals surface area contributed by atoms with Crippen LogP contribution in [0, 0.1) is 0 Å². The molecule has 154 valence electrons. The molecule has 0 spiro atoms. The number of hydrogen-bond donors (Lipinski definition) is 0. The first-order chi connectivity index (χ1) is 13.8. The molecule has 4 nitrogen and oxygen atoms in total. The van der Waals surface area contributed by atoms with Crippen LogP contribution in [0.3, 0.4) is 0 Å². The van der Waals surface area contributed by atoms with Crippen molar-refractivity contribution >= 4 is 28.7 Å². The fourth-order valence-corrected chi connectivity index (χ4v) is 11.1. The van der Waals surface area contributed by atoms with Gasteiger partial charge in [-0.25, -0.2) is 8.42 Å². The Labute approximate surface area is 175 Å². The van der Waals surface area contributed by atoms with Crippen LogP contribution in [-0.2, 0) is 14.4 Å². The number of sulfonamides is 1. The van der Waals surface area contributed by atoms with E-state index in [-0.39, 0.29) is 17.1 Å². The van der Waals surface area contributed by atoms with Gasteiger partial charge in [-0.3, -0.25) is 0 Å². The molecule has 0 aromatic heterocycles. The quantitative estimate of drug-likeness (QED) is 0.688. The Morgan fingerprint density at radius 3 is 2.03 bits per heavy atom. The van der Waals surface area contributed by atoms with Gasteiger partial charge in [0.15, 0.2) is 0 Å². The lowest BCUT2D eigenvalue weighted by Gasteiger charge is -2.44. The van der Waals surface area contributed by atoms with E-state index in [0.29, 0.717) is 6.61 Å². The van der Waals surface area contributed by atoms with Crippen LogP contribution in [0.4, 0.5) is 0 Å². The van der Waals surface area contributed by atoms with Gasteiger partial charge in [-0.05, 0) is 28.3 Å². The molecule has 0 unspecified atom stereocenters. The molecule has 1 saturated heterocycles. The van der Waals surface area contributed by atoms with Gasteiger partial charge in [-0.1, -0.05) is 87.5 Å². The van der Waals surface area contributed by atoms with Gasteiger partial charge in [0, 0.05) is 17.5 Å². The molecule has 2 aromatic rings. The molecule has 2 aliphatic heterocycles. The summed E-state index contributed by atoms with van der Waals surface area (Å²) in [5.41, 5.74) is 0. The zero-order chi connectivity index (χ0) is 20.7. The minimum atomic E-state index is -3.32. The third kappa shape index (κ3) is 3.52. The first kappa shape index (κ1) is 20.5. The molecule has 29 heavy (non-hydrogen) atoms. The fraction of sp³-hybridized carbons (Fsp3) is 0.391. The highest BCUT2D eigenvalue weighted by atomic mass is 32.2. The highest BCUT2D eigenvalue weighted by molar-refractivity contribution is 7.92. The standard InChI is InChI=1S/C23H29NO3SSi/c1-23(2,3)29(21-10-6-4-7-11-21,22-12-8-5-9-13-22)27-18-20-15-14-19-16-17-28(25,26)24(19)20/h4-13,16-17,19-20H,14-15,18H2,1-3H3/t19-,20-/m0/s1. The Bertz CT molecular complexity index is 944. The largest absolute Gasteiger partial charge is 0.406 e. The van der Waals surface area contributed by atoms with Crippen LogP contribution in [0.15, 0.2) is 72.1 Å². The van der Waals surface area contributed by atoms with Crippen LogP contribution >= 0.6 is 0 Å². The lowest BCUT2D eigenvalue weighted by atomic mass is 10.2. The van der Waals surface area contributed by atoms with Crippen LogP contribution in [0.1, 0.15) is 33.6 Å². The SMILES string of the molecule is CC(C)(C)[Si](OC[C@@H]1CC[C@H]2C=CS(=O)(=O)N12)(c1ccccc1)c1ccccc1. The molecule has 0 aliphatic carbocycles. The molecule has 0 radical (unpaired) electrons. The number of rotatable bonds is 5. The summed E-state index contributed by atoms with van der Waals surface area (Å²) in [4.78, 5) is 0. The number of fused-ring (bicyclic) bond motifs is 1. The van der Waals surface area contributed by atoms with Gasteiger partial charge in [-0.2, -0.15) is 4.31 Å². The Hall–Kier alpha value is -1.73. The third-order valence-corrected chi connectivity index (χ3v) is 12.8. The number of hydrogen-bond acceptors (Lipinski definition) is 3. The highest BCUT2D eigenvalue weighted by Crippen LogP contribution is 2.39. The average molecular weight is 428 g/mol. The topological polar surface area (TPSA) is 46.6 Å². The van der Waals surface area contributed by atoms with Crippen molar-refractivity contribution < 1.29 is 12.8 Å². The lowest BCUT2D eigenvalue weighted by Crippen LogP contribution is -2.67. The van der Waals surface area contributed by atoms with Gasteiger partial charge in [0.2, 0.25) is 10.0 Å².